The summed E-state index contributed by atoms with van der Waals surface area (Å²) in [4.78, 5) is -0.865. The van der Waals surface area contributed by atoms with Crippen LogP contribution in [0.4, 0.5) is 17.6 Å². The molecule has 0 heterocycles. The molecule has 0 saturated heterocycles. The van der Waals surface area contributed by atoms with Gasteiger partial charge in [-0.15, -0.1) is 13.2 Å². The minimum Gasteiger partial charge on any atom is -0.404 e. The Labute approximate surface area is 123 Å². The third-order valence-corrected chi connectivity index (χ3v) is 3.66. The molecule has 0 aliphatic rings. The zero-order valence-electron chi connectivity index (χ0n) is 10.7. The van der Waals surface area contributed by atoms with Crippen molar-refractivity contribution < 1.29 is 34.9 Å². The summed E-state index contributed by atoms with van der Waals surface area (Å²) in [7, 11) is -4.70. The lowest BCUT2D eigenvalue weighted by Gasteiger charge is -2.13. The maximum atomic E-state index is 13.4. The summed E-state index contributed by atoms with van der Waals surface area (Å²) in [5, 5.41) is 0. The van der Waals surface area contributed by atoms with Crippen molar-refractivity contribution in [3.05, 3.63) is 54.3 Å². The second kappa shape index (κ2) is 5.84. The highest BCUT2D eigenvalue weighted by atomic mass is 32.2. The van der Waals surface area contributed by atoms with Crippen LogP contribution in [-0.2, 0) is 10.1 Å². The van der Waals surface area contributed by atoms with Gasteiger partial charge < -0.3 is 8.92 Å². The van der Waals surface area contributed by atoms with Crippen LogP contribution in [0, 0.1) is 5.82 Å². The van der Waals surface area contributed by atoms with Crippen molar-refractivity contribution in [3.63, 3.8) is 0 Å². The van der Waals surface area contributed by atoms with Gasteiger partial charge >= 0.3 is 16.5 Å². The number of hydrogen-bond acceptors (Lipinski definition) is 4. The summed E-state index contributed by atoms with van der Waals surface area (Å²) in [6, 6.07) is 8.59. The molecule has 0 unspecified atom stereocenters. The standard InChI is InChI=1S/C13H8F4O4S/c14-9-5-1-2-6-10(9)21-22(18,19)12-8-4-3-7-11(12)20-13(15,16)17/h1-8H. The van der Waals surface area contributed by atoms with Crippen LogP contribution in [0.5, 0.6) is 11.5 Å². The third kappa shape index (κ3) is 3.88. The molecular weight excluding hydrogens is 328 g/mol. The summed E-state index contributed by atoms with van der Waals surface area (Å²) < 4.78 is 82.5. The van der Waals surface area contributed by atoms with Crippen molar-refractivity contribution in [2.24, 2.45) is 0 Å². The van der Waals surface area contributed by atoms with Gasteiger partial charge in [0.25, 0.3) is 0 Å². The summed E-state index contributed by atoms with van der Waals surface area (Å²) in [5.74, 6) is -2.57. The highest BCUT2D eigenvalue weighted by molar-refractivity contribution is 7.87. The van der Waals surface area contributed by atoms with E-state index in [1.165, 1.54) is 18.2 Å². The molecule has 22 heavy (non-hydrogen) atoms. The number of alkyl halides is 3. The van der Waals surface area contributed by atoms with Crippen molar-refractivity contribution in [1.82, 2.24) is 0 Å². The minimum atomic E-state index is -5.08. The molecule has 0 amide bonds. The van der Waals surface area contributed by atoms with E-state index in [4.69, 9.17) is 0 Å². The average molecular weight is 336 g/mol. The molecule has 118 valence electrons. The van der Waals surface area contributed by atoms with Crippen LogP contribution >= 0.6 is 0 Å². The van der Waals surface area contributed by atoms with Crippen LogP contribution in [-0.4, -0.2) is 14.8 Å². The largest absolute Gasteiger partial charge is 0.573 e. The fraction of sp³-hybridized carbons (Fsp3) is 0.0769. The Bertz CT molecular complexity index is 772. The quantitative estimate of drug-likeness (QED) is 0.633. The summed E-state index contributed by atoms with van der Waals surface area (Å²) in [6.07, 6.45) is -5.08. The Hall–Kier alpha value is -2.29. The van der Waals surface area contributed by atoms with Gasteiger partial charge in [0.1, 0.15) is 4.90 Å². The molecule has 0 N–H and O–H groups in total. The third-order valence-electron chi connectivity index (χ3n) is 2.38. The highest BCUT2D eigenvalue weighted by Gasteiger charge is 2.34. The number of hydrogen-bond donors (Lipinski definition) is 0. The monoisotopic (exact) mass is 336 g/mol. The molecule has 0 saturated carbocycles. The van der Waals surface area contributed by atoms with Crippen molar-refractivity contribution in [2.75, 3.05) is 0 Å². The van der Waals surface area contributed by atoms with Crippen LogP contribution in [0.25, 0.3) is 0 Å². The van der Waals surface area contributed by atoms with E-state index in [0.29, 0.717) is 0 Å². The minimum absolute atomic E-state index is 0.635. The molecule has 0 aliphatic carbocycles. The van der Waals surface area contributed by atoms with Gasteiger partial charge in [-0.25, -0.2) is 4.39 Å². The normalized spacial score (nSPS) is 12.0. The van der Waals surface area contributed by atoms with Gasteiger partial charge in [0.2, 0.25) is 0 Å². The first-order valence-corrected chi connectivity index (χ1v) is 7.14. The first-order chi connectivity index (χ1) is 10.2. The summed E-state index contributed by atoms with van der Waals surface area (Å²) >= 11 is 0. The maximum absolute atomic E-state index is 13.4. The van der Waals surface area contributed by atoms with Gasteiger partial charge in [0.05, 0.1) is 0 Å². The number of benzene rings is 2. The predicted octanol–water partition coefficient (Wildman–Crippen LogP) is 3.49. The van der Waals surface area contributed by atoms with Crippen LogP contribution < -0.4 is 8.92 Å². The van der Waals surface area contributed by atoms with Gasteiger partial charge in [-0.1, -0.05) is 24.3 Å². The SMILES string of the molecule is O=S(=O)(Oc1ccccc1F)c1ccccc1OC(F)(F)F. The number of rotatable bonds is 4. The summed E-state index contributed by atoms with van der Waals surface area (Å²) in [5.41, 5.74) is 0. The maximum Gasteiger partial charge on any atom is 0.573 e. The van der Waals surface area contributed by atoms with Crippen LogP contribution in [0.1, 0.15) is 0 Å². The van der Waals surface area contributed by atoms with Gasteiger partial charge in [-0.05, 0) is 24.3 Å². The van der Waals surface area contributed by atoms with Crippen molar-refractivity contribution >= 4 is 10.1 Å². The topological polar surface area (TPSA) is 52.6 Å². The molecule has 0 aliphatic heterocycles. The molecule has 2 aromatic carbocycles. The smallest absolute Gasteiger partial charge is 0.404 e. The highest BCUT2D eigenvalue weighted by Crippen LogP contribution is 2.31. The molecule has 0 atom stereocenters. The van der Waals surface area contributed by atoms with Gasteiger partial charge in [-0.2, -0.15) is 8.42 Å². The fourth-order valence-electron chi connectivity index (χ4n) is 1.54. The van der Waals surface area contributed by atoms with Gasteiger partial charge in [0, 0.05) is 0 Å². The molecule has 2 rings (SSSR count). The summed E-state index contributed by atoms with van der Waals surface area (Å²) in [6.45, 7) is 0. The van der Waals surface area contributed by atoms with E-state index in [0.717, 1.165) is 30.3 Å². The molecule has 0 spiro atoms. The van der Waals surface area contributed by atoms with E-state index in [2.05, 4.69) is 8.92 Å². The van der Waals surface area contributed by atoms with E-state index >= 15 is 0 Å². The molecular formula is C13H8F4O4S. The second-order valence-corrected chi connectivity index (χ2v) is 5.48. The number of para-hydroxylation sites is 2. The molecule has 0 fully saturated rings. The Balaban J connectivity index is 2.40. The lowest BCUT2D eigenvalue weighted by atomic mass is 10.3. The number of halogens is 4. The average Bonchev–Trinajstić information content (AvgIpc) is 2.40. The Kier molecular flexibility index (Phi) is 4.27. The second-order valence-electron chi connectivity index (χ2n) is 3.96. The lowest BCUT2D eigenvalue weighted by Crippen LogP contribution is -2.20. The van der Waals surface area contributed by atoms with Crippen molar-refractivity contribution in [1.29, 1.82) is 0 Å². The van der Waals surface area contributed by atoms with Crippen LogP contribution in [0.3, 0.4) is 0 Å². The zero-order valence-corrected chi connectivity index (χ0v) is 11.5. The molecule has 0 bridgehead atoms. The predicted molar refractivity (Wildman–Crippen MR) is 67.3 cm³/mol. The van der Waals surface area contributed by atoms with E-state index in [1.807, 2.05) is 0 Å². The molecule has 2 aromatic rings. The molecule has 9 heteroatoms. The zero-order chi connectivity index (χ0) is 16.4. The first-order valence-electron chi connectivity index (χ1n) is 5.73. The number of ether oxygens (including phenoxy) is 1. The Morgan fingerprint density at radius 3 is 2.00 bits per heavy atom. The van der Waals surface area contributed by atoms with Crippen LogP contribution in [0.15, 0.2) is 53.4 Å². The van der Waals surface area contributed by atoms with E-state index < -0.39 is 38.7 Å². The van der Waals surface area contributed by atoms with Crippen molar-refractivity contribution in [2.45, 2.75) is 11.3 Å². The molecule has 0 aromatic heterocycles. The Morgan fingerprint density at radius 2 is 1.41 bits per heavy atom. The molecule has 0 radical (unpaired) electrons. The van der Waals surface area contributed by atoms with E-state index in [9.17, 15) is 26.0 Å². The lowest BCUT2D eigenvalue weighted by molar-refractivity contribution is -0.275. The van der Waals surface area contributed by atoms with Crippen molar-refractivity contribution in [3.8, 4) is 11.5 Å². The first kappa shape index (κ1) is 16.1. The Morgan fingerprint density at radius 1 is 0.864 bits per heavy atom. The molecule has 4 nitrogen and oxygen atoms in total. The fourth-order valence-corrected chi connectivity index (χ4v) is 2.60. The van der Waals surface area contributed by atoms with E-state index in [1.54, 1.807) is 0 Å². The van der Waals surface area contributed by atoms with E-state index in [-0.39, 0.29) is 0 Å². The van der Waals surface area contributed by atoms with Gasteiger partial charge in [-0.3, -0.25) is 0 Å². The van der Waals surface area contributed by atoms with Crippen LogP contribution in [0.2, 0.25) is 0 Å². The van der Waals surface area contributed by atoms with Gasteiger partial charge in [0.15, 0.2) is 17.3 Å².